The first-order valence-corrected chi connectivity index (χ1v) is 9.68. The monoisotopic (exact) mass is 399 g/mol. The highest BCUT2D eigenvalue weighted by molar-refractivity contribution is 6.34. The Balaban J connectivity index is 1.65. The number of nitrogens with one attached hydrogen (secondary N) is 1. The Bertz CT molecular complexity index is 1040. The van der Waals surface area contributed by atoms with Gasteiger partial charge in [0.05, 0.1) is 29.0 Å². The standard InChI is InChI=1S/C20H22ClN5O2/c1-4-28-19-12(2)20(25(3)24-19)26-11-14(10-22-26)13-5-8-17(21)16(9-13)18(27)23-15-6-7-15/h5,8-11,15H,4,6-7H2,1-3H3,(H,23,27). The first-order valence-electron chi connectivity index (χ1n) is 9.30. The van der Waals surface area contributed by atoms with E-state index in [1.165, 1.54) is 0 Å². The third-order valence-corrected chi connectivity index (χ3v) is 5.07. The van der Waals surface area contributed by atoms with Crippen LogP contribution in [-0.2, 0) is 7.05 Å². The fraction of sp³-hybridized carbons (Fsp3) is 0.350. The van der Waals surface area contributed by atoms with Crippen molar-refractivity contribution in [3.05, 3.63) is 46.7 Å². The van der Waals surface area contributed by atoms with Gasteiger partial charge < -0.3 is 10.1 Å². The number of nitrogens with zero attached hydrogens (tertiary/aromatic N) is 4. The van der Waals surface area contributed by atoms with E-state index in [0.717, 1.165) is 35.3 Å². The van der Waals surface area contributed by atoms with E-state index in [0.29, 0.717) is 23.1 Å². The smallest absolute Gasteiger partial charge is 0.253 e. The molecule has 0 spiro atoms. The molecule has 0 radical (unpaired) electrons. The van der Waals surface area contributed by atoms with Crippen molar-refractivity contribution in [3.8, 4) is 22.8 Å². The van der Waals surface area contributed by atoms with Crippen LogP contribution in [0, 0.1) is 6.92 Å². The zero-order valence-electron chi connectivity index (χ0n) is 16.1. The topological polar surface area (TPSA) is 74.0 Å². The van der Waals surface area contributed by atoms with Crippen molar-refractivity contribution in [2.24, 2.45) is 7.05 Å². The molecule has 1 aliphatic carbocycles. The summed E-state index contributed by atoms with van der Waals surface area (Å²) in [6, 6.07) is 5.73. The van der Waals surface area contributed by atoms with Gasteiger partial charge in [0, 0.05) is 24.8 Å². The lowest BCUT2D eigenvalue weighted by Gasteiger charge is -2.07. The summed E-state index contributed by atoms with van der Waals surface area (Å²) in [5.74, 6) is 1.29. The van der Waals surface area contributed by atoms with Crippen LogP contribution in [0.2, 0.25) is 5.02 Å². The molecule has 3 aromatic rings. The minimum atomic E-state index is -0.134. The molecule has 0 aliphatic heterocycles. The maximum absolute atomic E-state index is 12.4. The molecule has 0 bridgehead atoms. The largest absolute Gasteiger partial charge is 0.477 e. The molecule has 1 saturated carbocycles. The normalized spacial score (nSPS) is 13.6. The van der Waals surface area contributed by atoms with Crippen molar-refractivity contribution in [1.29, 1.82) is 0 Å². The molecule has 2 heterocycles. The first-order chi connectivity index (χ1) is 13.5. The third-order valence-electron chi connectivity index (χ3n) is 4.74. The predicted octanol–water partition coefficient (Wildman–Crippen LogP) is 3.53. The van der Waals surface area contributed by atoms with Gasteiger partial charge in [-0.2, -0.15) is 5.10 Å². The predicted molar refractivity (Wildman–Crippen MR) is 107 cm³/mol. The summed E-state index contributed by atoms with van der Waals surface area (Å²) in [5.41, 5.74) is 3.16. The quantitative estimate of drug-likeness (QED) is 0.688. The maximum Gasteiger partial charge on any atom is 0.253 e. The zero-order valence-corrected chi connectivity index (χ0v) is 16.8. The minimum Gasteiger partial charge on any atom is -0.477 e. The zero-order chi connectivity index (χ0) is 19.8. The number of amides is 1. The third kappa shape index (κ3) is 3.49. The van der Waals surface area contributed by atoms with Crippen molar-refractivity contribution >= 4 is 17.5 Å². The summed E-state index contributed by atoms with van der Waals surface area (Å²) in [5, 5.41) is 12.3. The lowest BCUT2D eigenvalue weighted by Crippen LogP contribution is -2.25. The Morgan fingerprint density at radius 2 is 2.14 bits per heavy atom. The van der Waals surface area contributed by atoms with Crippen LogP contribution in [0.1, 0.15) is 35.7 Å². The number of hydrogen-bond acceptors (Lipinski definition) is 4. The minimum absolute atomic E-state index is 0.134. The molecule has 146 valence electrons. The van der Waals surface area contributed by atoms with E-state index in [4.69, 9.17) is 16.3 Å². The summed E-state index contributed by atoms with van der Waals surface area (Å²) in [6.07, 6.45) is 5.73. The van der Waals surface area contributed by atoms with Gasteiger partial charge in [-0.15, -0.1) is 5.10 Å². The number of carbonyl (C=O) groups is 1. The van der Waals surface area contributed by atoms with Crippen molar-refractivity contribution in [1.82, 2.24) is 24.9 Å². The molecule has 0 unspecified atom stereocenters. The molecule has 1 amide bonds. The Morgan fingerprint density at radius 3 is 2.86 bits per heavy atom. The van der Waals surface area contributed by atoms with E-state index in [1.54, 1.807) is 21.6 Å². The van der Waals surface area contributed by atoms with Crippen LogP contribution in [0.4, 0.5) is 0 Å². The number of rotatable bonds is 6. The molecule has 4 rings (SSSR count). The molecule has 1 fully saturated rings. The van der Waals surface area contributed by atoms with Gasteiger partial charge in [0.15, 0.2) is 5.82 Å². The van der Waals surface area contributed by atoms with Crippen LogP contribution in [0.25, 0.3) is 16.9 Å². The number of hydrogen-bond donors (Lipinski definition) is 1. The van der Waals surface area contributed by atoms with E-state index in [1.807, 2.05) is 39.2 Å². The van der Waals surface area contributed by atoms with Crippen LogP contribution in [-0.4, -0.2) is 38.1 Å². The second-order valence-corrected chi connectivity index (χ2v) is 7.33. The van der Waals surface area contributed by atoms with Crippen LogP contribution in [0.3, 0.4) is 0 Å². The number of benzene rings is 1. The van der Waals surface area contributed by atoms with Crippen molar-refractivity contribution in [2.75, 3.05) is 6.61 Å². The lowest BCUT2D eigenvalue weighted by molar-refractivity contribution is 0.0951. The Kier molecular flexibility index (Phi) is 4.85. The SMILES string of the molecule is CCOc1nn(C)c(-n2cc(-c3ccc(Cl)c(C(=O)NC4CC4)c3)cn2)c1C. The van der Waals surface area contributed by atoms with Gasteiger partial charge in [0.25, 0.3) is 5.91 Å². The number of aryl methyl sites for hydroxylation is 1. The summed E-state index contributed by atoms with van der Waals surface area (Å²) in [4.78, 5) is 12.4. The molecule has 2 aromatic heterocycles. The van der Waals surface area contributed by atoms with Crippen LogP contribution in [0.15, 0.2) is 30.6 Å². The number of halogens is 1. The Morgan fingerprint density at radius 1 is 1.36 bits per heavy atom. The molecule has 0 atom stereocenters. The fourth-order valence-corrected chi connectivity index (χ4v) is 3.35. The lowest BCUT2D eigenvalue weighted by atomic mass is 10.1. The van der Waals surface area contributed by atoms with Crippen LogP contribution >= 0.6 is 11.6 Å². The molecule has 8 heteroatoms. The average molecular weight is 400 g/mol. The van der Waals surface area contributed by atoms with Gasteiger partial charge in [-0.3, -0.25) is 4.79 Å². The summed E-state index contributed by atoms with van der Waals surface area (Å²) in [6.45, 7) is 4.44. The van der Waals surface area contributed by atoms with Gasteiger partial charge in [-0.1, -0.05) is 17.7 Å². The van der Waals surface area contributed by atoms with Crippen molar-refractivity contribution < 1.29 is 9.53 Å². The van der Waals surface area contributed by atoms with Gasteiger partial charge in [0.2, 0.25) is 5.88 Å². The Labute approximate surface area is 168 Å². The highest BCUT2D eigenvalue weighted by Crippen LogP contribution is 2.28. The van der Waals surface area contributed by atoms with Crippen LogP contribution in [0.5, 0.6) is 5.88 Å². The molecule has 1 aliphatic rings. The molecule has 28 heavy (non-hydrogen) atoms. The second-order valence-electron chi connectivity index (χ2n) is 6.93. The van der Waals surface area contributed by atoms with E-state index in [9.17, 15) is 4.79 Å². The van der Waals surface area contributed by atoms with E-state index in [-0.39, 0.29) is 11.9 Å². The second kappa shape index (κ2) is 7.31. The molecule has 7 nitrogen and oxygen atoms in total. The fourth-order valence-electron chi connectivity index (χ4n) is 3.15. The maximum atomic E-state index is 12.4. The number of carbonyl (C=O) groups excluding carboxylic acids is 1. The van der Waals surface area contributed by atoms with E-state index < -0.39 is 0 Å². The molecule has 1 N–H and O–H groups in total. The number of ether oxygens (including phenoxy) is 1. The summed E-state index contributed by atoms with van der Waals surface area (Å²) in [7, 11) is 1.86. The molecule has 0 saturated heterocycles. The van der Waals surface area contributed by atoms with Gasteiger partial charge in [0.1, 0.15) is 0 Å². The summed E-state index contributed by atoms with van der Waals surface area (Å²) < 4.78 is 9.08. The molecule has 1 aromatic carbocycles. The van der Waals surface area contributed by atoms with Gasteiger partial charge in [-0.05, 0) is 44.4 Å². The van der Waals surface area contributed by atoms with E-state index in [2.05, 4.69) is 15.5 Å². The van der Waals surface area contributed by atoms with Crippen molar-refractivity contribution in [3.63, 3.8) is 0 Å². The number of aromatic nitrogens is 4. The highest BCUT2D eigenvalue weighted by Gasteiger charge is 2.25. The van der Waals surface area contributed by atoms with Gasteiger partial charge >= 0.3 is 0 Å². The first kappa shape index (κ1) is 18.6. The van der Waals surface area contributed by atoms with Crippen LogP contribution < -0.4 is 10.1 Å². The van der Waals surface area contributed by atoms with Gasteiger partial charge in [-0.25, -0.2) is 9.36 Å². The molecular weight excluding hydrogens is 378 g/mol. The average Bonchev–Trinajstić information content (AvgIpc) is 3.27. The molecular formula is C20H22ClN5O2. The Hall–Kier alpha value is -2.80. The van der Waals surface area contributed by atoms with E-state index >= 15 is 0 Å². The highest BCUT2D eigenvalue weighted by atomic mass is 35.5. The summed E-state index contributed by atoms with van der Waals surface area (Å²) >= 11 is 6.25. The van der Waals surface area contributed by atoms with Crippen molar-refractivity contribution in [2.45, 2.75) is 32.7 Å².